The van der Waals surface area contributed by atoms with Gasteiger partial charge >= 0.3 is 5.97 Å². The molecule has 0 fully saturated rings. The highest BCUT2D eigenvalue weighted by molar-refractivity contribution is 9.11. The Morgan fingerprint density at radius 1 is 0.848 bits per heavy atom. The Labute approximate surface area is 282 Å². The number of alkyl halides is 2. The summed E-state index contributed by atoms with van der Waals surface area (Å²) in [5, 5.41) is 5.91. The summed E-state index contributed by atoms with van der Waals surface area (Å²) in [5.74, 6) is -0.278. The number of hydrogen-bond donors (Lipinski definition) is 0. The van der Waals surface area contributed by atoms with Crippen LogP contribution in [0.1, 0.15) is 37.4 Å². The first-order chi connectivity index (χ1) is 22.2. The Morgan fingerprint density at radius 2 is 1.39 bits per heavy atom. The standard InChI is InChI=1S/C14H15N5O3.C13H14N4O3.C2H4Br2/c1-18(10-4-3-5-15-8-10)14(20)11-9-16-12(19(11)2)13-17-22-7-6-21-13;1-16(9-5-4-6-14-7-9)12(18)10-8-15-11(17(10)2)13(19)20-3;3-1-2-4/h3-5,8-9H,6-7H2,1-2H3;4-8H,1-3H3;1-2H2. The molecule has 4 aromatic rings. The van der Waals surface area contributed by atoms with Gasteiger partial charge in [0.05, 0.1) is 43.3 Å². The first-order valence-electron chi connectivity index (χ1n) is 13.6. The van der Waals surface area contributed by atoms with Crippen molar-refractivity contribution in [2.24, 2.45) is 19.3 Å². The van der Waals surface area contributed by atoms with Crippen molar-refractivity contribution in [2.45, 2.75) is 0 Å². The minimum atomic E-state index is -0.587. The number of methoxy groups -OCH3 is 1. The summed E-state index contributed by atoms with van der Waals surface area (Å²) in [7, 11) is 7.89. The maximum absolute atomic E-state index is 12.6. The zero-order valence-corrected chi connectivity index (χ0v) is 29.0. The average Bonchev–Trinajstić information content (AvgIpc) is 3.70. The van der Waals surface area contributed by atoms with Crippen LogP contribution in [0.3, 0.4) is 0 Å². The molecule has 5 rings (SSSR count). The van der Waals surface area contributed by atoms with Gasteiger partial charge in [0.25, 0.3) is 17.7 Å². The third-order valence-electron chi connectivity index (χ3n) is 6.28. The molecule has 0 unspecified atom stereocenters. The summed E-state index contributed by atoms with van der Waals surface area (Å²) < 4.78 is 13.0. The molecule has 15 nitrogen and oxygen atoms in total. The van der Waals surface area contributed by atoms with Crippen LogP contribution in [0.2, 0.25) is 0 Å². The molecule has 1 aliphatic heterocycles. The molecule has 0 N–H and O–H groups in total. The van der Waals surface area contributed by atoms with Crippen molar-refractivity contribution in [3.8, 4) is 0 Å². The zero-order valence-electron chi connectivity index (χ0n) is 25.8. The number of ether oxygens (including phenoxy) is 2. The van der Waals surface area contributed by atoms with Gasteiger partial charge in [-0.3, -0.25) is 19.6 Å². The summed E-state index contributed by atoms with van der Waals surface area (Å²) in [6.45, 7) is 0.814. The highest BCUT2D eigenvalue weighted by atomic mass is 79.9. The number of carbonyl (C=O) groups is 3. The van der Waals surface area contributed by atoms with Gasteiger partial charge in [-0.05, 0) is 29.4 Å². The van der Waals surface area contributed by atoms with Gasteiger partial charge in [-0.2, -0.15) is 0 Å². The number of amides is 2. The lowest BCUT2D eigenvalue weighted by molar-refractivity contribution is 0.0582. The van der Waals surface area contributed by atoms with E-state index >= 15 is 0 Å². The second-order valence-electron chi connectivity index (χ2n) is 9.15. The lowest BCUT2D eigenvalue weighted by atomic mass is 10.3. The number of rotatable bonds is 7. The van der Waals surface area contributed by atoms with E-state index in [9.17, 15) is 14.4 Å². The second-order valence-corrected chi connectivity index (χ2v) is 10.7. The minimum absolute atomic E-state index is 0.0791. The first kappa shape index (κ1) is 35.8. The van der Waals surface area contributed by atoms with Gasteiger partial charge in [0.1, 0.15) is 18.0 Å². The molecule has 5 heterocycles. The van der Waals surface area contributed by atoms with Crippen LogP contribution in [0.15, 0.2) is 66.6 Å². The Bertz CT molecular complexity index is 1630. The van der Waals surface area contributed by atoms with E-state index in [0.29, 0.717) is 36.1 Å². The lowest BCUT2D eigenvalue weighted by Gasteiger charge is -2.17. The predicted octanol–water partition coefficient (Wildman–Crippen LogP) is 3.45. The number of hydrogen-bond acceptors (Lipinski definition) is 11. The molecule has 0 saturated heterocycles. The number of pyridine rings is 2. The number of oxime groups is 1. The van der Waals surface area contributed by atoms with Crippen molar-refractivity contribution in [3.63, 3.8) is 0 Å². The quantitative estimate of drug-likeness (QED) is 0.202. The molecule has 4 aromatic heterocycles. The molecule has 17 heteroatoms. The molecule has 2 amide bonds. The van der Waals surface area contributed by atoms with E-state index in [1.807, 2.05) is 6.07 Å². The minimum Gasteiger partial charge on any atom is -0.469 e. The Kier molecular flexibility index (Phi) is 13.8. The number of carbonyl (C=O) groups excluding carboxylic acids is 3. The normalized spacial score (nSPS) is 11.7. The van der Waals surface area contributed by atoms with Gasteiger partial charge in [-0.1, -0.05) is 31.9 Å². The summed E-state index contributed by atoms with van der Waals surface area (Å²) in [5.41, 5.74) is 2.05. The summed E-state index contributed by atoms with van der Waals surface area (Å²) in [6.07, 6.45) is 9.32. The van der Waals surface area contributed by atoms with E-state index in [1.165, 1.54) is 33.9 Å². The molecular weight excluding hydrogens is 730 g/mol. The average molecular weight is 763 g/mol. The smallest absolute Gasteiger partial charge is 0.374 e. The molecule has 0 atom stereocenters. The van der Waals surface area contributed by atoms with Crippen molar-refractivity contribution >= 4 is 66.9 Å². The van der Waals surface area contributed by atoms with Gasteiger partial charge in [0, 0.05) is 51.2 Å². The molecule has 0 bridgehead atoms. The molecule has 1 aliphatic rings. The van der Waals surface area contributed by atoms with Crippen molar-refractivity contribution in [1.29, 1.82) is 0 Å². The number of anilines is 2. The number of esters is 1. The van der Waals surface area contributed by atoms with E-state index in [-0.39, 0.29) is 29.2 Å². The Morgan fingerprint density at radius 3 is 1.85 bits per heavy atom. The number of aromatic nitrogens is 6. The third-order valence-corrected chi connectivity index (χ3v) is 8.14. The van der Waals surface area contributed by atoms with Crippen LogP contribution in [0.5, 0.6) is 0 Å². The van der Waals surface area contributed by atoms with Gasteiger partial charge in [-0.15, -0.1) is 0 Å². The maximum Gasteiger partial charge on any atom is 0.374 e. The lowest BCUT2D eigenvalue weighted by Crippen LogP contribution is -2.29. The fourth-order valence-electron chi connectivity index (χ4n) is 3.79. The van der Waals surface area contributed by atoms with E-state index in [2.05, 4.69) is 61.7 Å². The van der Waals surface area contributed by atoms with Crippen molar-refractivity contribution in [2.75, 3.05) is 54.9 Å². The summed E-state index contributed by atoms with van der Waals surface area (Å²) in [6, 6.07) is 7.09. The van der Waals surface area contributed by atoms with Crippen LogP contribution in [0, 0.1) is 0 Å². The molecule has 244 valence electrons. The van der Waals surface area contributed by atoms with E-state index < -0.39 is 5.97 Å². The van der Waals surface area contributed by atoms with Crippen LogP contribution in [-0.2, 0) is 28.4 Å². The molecule has 0 aliphatic carbocycles. The molecule has 0 radical (unpaired) electrons. The van der Waals surface area contributed by atoms with E-state index in [0.717, 1.165) is 10.7 Å². The highest BCUT2D eigenvalue weighted by Gasteiger charge is 2.24. The van der Waals surface area contributed by atoms with Crippen molar-refractivity contribution in [3.05, 3.63) is 84.5 Å². The molecular formula is C29H33Br2N9O6. The van der Waals surface area contributed by atoms with Crippen LogP contribution in [-0.4, -0.2) is 97.8 Å². The summed E-state index contributed by atoms with van der Waals surface area (Å²) >= 11 is 6.40. The van der Waals surface area contributed by atoms with E-state index in [1.54, 1.807) is 75.7 Å². The van der Waals surface area contributed by atoms with Crippen LogP contribution >= 0.6 is 31.9 Å². The van der Waals surface area contributed by atoms with Gasteiger partial charge in [-0.25, -0.2) is 14.8 Å². The van der Waals surface area contributed by atoms with Gasteiger partial charge < -0.3 is 33.2 Å². The Balaban J connectivity index is 0.000000225. The second kappa shape index (κ2) is 17.7. The topological polar surface area (TPSA) is 159 Å². The SMILES string of the molecule is BrCCBr.CN(C(=O)c1cnc(C2=NOCCO2)n1C)c1cccnc1.COC(=O)c1ncc(C(=O)N(C)c2cccnc2)n1C. The number of nitrogens with zero attached hydrogens (tertiary/aromatic N) is 9. The van der Waals surface area contributed by atoms with Gasteiger partial charge in [0.2, 0.25) is 5.82 Å². The zero-order chi connectivity index (χ0) is 33.6. The molecule has 0 aromatic carbocycles. The summed E-state index contributed by atoms with van der Waals surface area (Å²) in [4.78, 5) is 60.4. The number of imidazole rings is 2. The van der Waals surface area contributed by atoms with Crippen molar-refractivity contribution in [1.82, 2.24) is 29.1 Å². The maximum atomic E-state index is 12.6. The molecule has 0 saturated carbocycles. The number of halogens is 2. The fourth-order valence-corrected chi connectivity index (χ4v) is 3.79. The van der Waals surface area contributed by atoms with Gasteiger partial charge in [0.15, 0.2) is 12.4 Å². The van der Waals surface area contributed by atoms with Crippen molar-refractivity contribution < 1.29 is 28.7 Å². The highest BCUT2D eigenvalue weighted by Crippen LogP contribution is 2.16. The first-order valence-corrected chi connectivity index (χ1v) is 15.8. The Hall–Kier alpha value is -4.64. The van der Waals surface area contributed by atoms with E-state index in [4.69, 9.17) is 9.57 Å². The monoisotopic (exact) mass is 761 g/mol. The largest absolute Gasteiger partial charge is 0.469 e. The van der Waals surface area contributed by atoms with Crippen LogP contribution in [0.25, 0.3) is 0 Å². The predicted molar refractivity (Wildman–Crippen MR) is 178 cm³/mol. The molecule has 46 heavy (non-hydrogen) atoms. The van der Waals surface area contributed by atoms with Crippen LogP contribution in [0.4, 0.5) is 11.4 Å². The van der Waals surface area contributed by atoms with Crippen LogP contribution < -0.4 is 9.80 Å². The fraction of sp³-hybridized carbons (Fsp3) is 0.310. The molecule has 0 spiro atoms. The third kappa shape index (κ3) is 8.97.